The Morgan fingerprint density at radius 3 is 2.94 bits per heavy atom. The van der Waals surface area contributed by atoms with Crippen LogP contribution in [0, 0.1) is 11.3 Å². The largest absolute Gasteiger partial charge is 0.340 e. The van der Waals surface area contributed by atoms with E-state index in [9.17, 15) is 0 Å². The highest BCUT2D eigenvalue weighted by Gasteiger charge is 2.05. The van der Waals surface area contributed by atoms with Crippen LogP contribution in [0.15, 0.2) is 36.8 Å². The summed E-state index contributed by atoms with van der Waals surface area (Å²) >= 11 is 0. The first-order valence-corrected chi connectivity index (χ1v) is 5.60. The monoisotopic (exact) mass is 237 g/mol. The molecule has 0 unspecified atom stereocenters. The molecule has 5 nitrogen and oxygen atoms in total. The molecule has 5 heteroatoms. The fourth-order valence-corrected chi connectivity index (χ4v) is 2.02. The van der Waals surface area contributed by atoms with Crippen molar-refractivity contribution in [1.29, 1.82) is 5.26 Å². The highest BCUT2D eigenvalue weighted by molar-refractivity contribution is 5.81. The van der Waals surface area contributed by atoms with E-state index in [-0.39, 0.29) is 0 Å². The highest BCUT2D eigenvalue weighted by Crippen LogP contribution is 2.18. The molecule has 0 aliphatic rings. The summed E-state index contributed by atoms with van der Waals surface area (Å²) in [6, 6.07) is 9.84. The second-order valence-corrected chi connectivity index (χ2v) is 4.13. The summed E-state index contributed by atoms with van der Waals surface area (Å²) in [5.74, 6) is 0.900. The summed E-state index contributed by atoms with van der Waals surface area (Å²) in [7, 11) is 1.88. The Hall–Kier alpha value is -2.61. The summed E-state index contributed by atoms with van der Waals surface area (Å²) < 4.78 is 3.86. The Balaban J connectivity index is 2.04. The van der Waals surface area contributed by atoms with Crippen molar-refractivity contribution >= 4 is 10.9 Å². The normalized spacial score (nSPS) is 10.7. The number of hydrogen-bond acceptors (Lipinski definition) is 3. The molecular weight excluding hydrogens is 226 g/mol. The van der Waals surface area contributed by atoms with Crippen LogP contribution in [0.5, 0.6) is 0 Å². The Morgan fingerprint density at radius 1 is 1.33 bits per heavy atom. The van der Waals surface area contributed by atoms with Crippen LogP contribution in [0.4, 0.5) is 0 Å². The van der Waals surface area contributed by atoms with Gasteiger partial charge in [-0.1, -0.05) is 0 Å². The molecule has 0 saturated heterocycles. The number of hydrogen-bond donors (Lipinski definition) is 0. The van der Waals surface area contributed by atoms with Crippen LogP contribution in [0.1, 0.15) is 11.4 Å². The minimum Gasteiger partial charge on any atom is -0.340 e. The Morgan fingerprint density at radius 2 is 2.22 bits per heavy atom. The molecule has 0 N–H and O–H groups in total. The van der Waals surface area contributed by atoms with E-state index in [1.165, 1.54) is 0 Å². The number of rotatable bonds is 2. The van der Waals surface area contributed by atoms with Crippen molar-refractivity contribution in [3.8, 4) is 6.07 Å². The van der Waals surface area contributed by atoms with E-state index in [4.69, 9.17) is 5.26 Å². The van der Waals surface area contributed by atoms with Crippen LogP contribution >= 0.6 is 0 Å². The van der Waals surface area contributed by atoms with E-state index in [0.717, 1.165) is 16.7 Å². The van der Waals surface area contributed by atoms with Crippen LogP contribution in [-0.4, -0.2) is 19.3 Å². The molecule has 0 fully saturated rings. The number of nitriles is 1. The molecule has 0 spiro atoms. The molecule has 0 atom stereocenters. The first-order valence-electron chi connectivity index (χ1n) is 5.60. The molecule has 18 heavy (non-hydrogen) atoms. The van der Waals surface area contributed by atoms with Gasteiger partial charge < -0.3 is 4.57 Å². The van der Waals surface area contributed by atoms with Crippen molar-refractivity contribution in [2.45, 2.75) is 6.54 Å². The van der Waals surface area contributed by atoms with Crippen LogP contribution in [-0.2, 0) is 13.6 Å². The van der Waals surface area contributed by atoms with E-state index >= 15 is 0 Å². The van der Waals surface area contributed by atoms with Gasteiger partial charge >= 0.3 is 0 Å². The van der Waals surface area contributed by atoms with Crippen LogP contribution in [0.3, 0.4) is 0 Å². The van der Waals surface area contributed by atoms with Gasteiger partial charge in [-0.15, -0.1) is 0 Å². The van der Waals surface area contributed by atoms with E-state index in [2.05, 4.69) is 20.7 Å². The Labute approximate surface area is 104 Å². The maximum atomic E-state index is 8.87. The van der Waals surface area contributed by atoms with Crippen molar-refractivity contribution in [3.05, 3.63) is 48.2 Å². The standard InChI is InChI=1S/C13H11N5/c1-17-13(15-9-16-17)8-18-5-4-11-6-10(7-14)2-3-12(11)18/h2-6,9H,8H2,1H3. The molecule has 2 heterocycles. The maximum absolute atomic E-state index is 8.87. The minimum atomic E-state index is 0.673. The van der Waals surface area contributed by atoms with Gasteiger partial charge in [0.1, 0.15) is 12.2 Å². The summed E-state index contributed by atoms with van der Waals surface area (Å²) in [5.41, 5.74) is 1.77. The predicted molar refractivity (Wildman–Crippen MR) is 66.8 cm³/mol. The highest BCUT2D eigenvalue weighted by atomic mass is 15.3. The molecule has 0 saturated carbocycles. The van der Waals surface area contributed by atoms with Gasteiger partial charge in [0.25, 0.3) is 0 Å². The lowest BCUT2D eigenvalue weighted by Gasteiger charge is -2.04. The second kappa shape index (κ2) is 4.00. The summed E-state index contributed by atoms with van der Waals surface area (Å²) in [6.07, 6.45) is 3.55. The first-order chi connectivity index (χ1) is 8.78. The van der Waals surface area contributed by atoms with Gasteiger partial charge in [0.2, 0.25) is 0 Å². The Bertz CT molecular complexity index is 744. The molecule has 0 aliphatic heterocycles. The zero-order valence-corrected chi connectivity index (χ0v) is 9.91. The number of benzene rings is 1. The third-order valence-corrected chi connectivity index (χ3v) is 3.02. The topological polar surface area (TPSA) is 59.4 Å². The molecular formula is C13H11N5. The third-order valence-electron chi connectivity index (χ3n) is 3.02. The fourth-order valence-electron chi connectivity index (χ4n) is 2.02. The van der Waals surface area contributed by atoms with Gasteiger partial charge in [0.15, 0.2) is 0 Å². The van der Waals surface area contributed by atoms with Gasteiger partial charge in [-0.2, -0.15) is 10.4 Å². The summed E-state index contributed by atoms with van der Waals surface area (Å²) in [6.45, 7) is 0.673. The van der Waals surface area contributed by atoms with E-state index in [1.807, 2.05) is 37.5 Å². The zero-order chi connectivity index (χ0) is 12.5. The molecule has 3 aromatic rings. The average molecular weight is 237 g/mol. The fraction of sp³-hybridized carbons (Fsp3) is 0.154. The third kappa shape index (κ3) is 1.64. The minimum absolute atomic E-state index is 0.673. The maximum Gasteiger partial charge on any atom is 0.146 e. The van der Waals surface area contributed by atoms with Crippen LogP contribution in [0.2, 0.25) is 0 Å². The van der Waals surface area contributed by atoms with E-state index in [1.54, 1.807) is 11.0 Å². The van der Waals surface area contributed by atoms with Gasteiger partial charge in [-0.05, 0) is 24.3 Å². The molecule has 0 aliphatic carbocycles. The van der Waals surface area contributed by atoms with E-state index in [0.29, 0.717) is 12.1 Å². The molecule has 0 radical (unpaired) electrons. The number of nitrogens with zero attached hydrogens (tertiary/aromatic N) is 5. The predicted octanol–water partition coefficient (Wildman–Crippen LogP) is 1.69. The SMILES string of the molecule is Cn1ncnc1Cn1ccc2cc(C#N)ccc21. The molecule has 0 bridgehead atoms. The van der Waals surface area contributed by atoms with Crippen molar-refractivity contribution in [3.63, 3.8) is 0 Å². The van der Waals surface area contributed by atoms with Gasteiger partial charge in [-0.3, -0.25) is 4.68 Å². The van der Waals surface area contributed by atoms with E-state index < -0.39 is 0 Å². The quantitative estimate of drug-likeness (QED) is 0.681. The first kappa shape index (κ1) is 10.5. The molecule has 88 valence electrons. The second-order valence-electron chi connectivity index (χ2n) is 4.13. The number of aryl methyl sites for hydroxylation is 1. The number of fused-ring (bicyclic) bond motifs is 1. The zero-order valence-electron chi connectivity index (χ0n) is 9.91. The van der Waals surface area contributed by atoms with Crippen molar-refractivity contribution in [2.75, 3.05) is 0 Å². The molecule has 1 aromatic carbocycles. The van der Waals surface area contributed by atoms with Crippen molar-refractivity contribution in [2.24, 2.45) is 7.05 Å². The Kier molecular flexibility index (Phi) is 2.34. The lowest BCUT2D eigenvalue weighted by Crippen LogP contribution is -2.05. The van der Waals surface area contributed by atoms with Crippen molar-refractivity contribution < 1.29 is 0 Å². The molecule has 2 aromatic heterocycles. The summed E-state index contributed by atoms with van der Waals surface area (Å²) in [4.78, 5) is 4.21. The molecule has 3 rings (SSSR count). The van der Waals surface area contributed by atoms with Crippen molar-refractivity contribution in [1.82, 2.24) is 19.3 Å². The van der Waals surface area contributed by atoms with Crippen LogP contribution < -0.4 is 0 Å². The smallest absolute Gasteiger partial charge is 0.146 e. The number of aromatic nitrogens is 4. The van der Waals surface area contributed by atoms with Gasteiger partial charge in [0.05, 0.1) is 18.2 Å². The van der Waals surface area contributed by atoms with Crippen LogP contribution in [0.25, 0.3) is 10.9 Å². The lowest BCUT2D eigenvalue weighted by atomic mass is 10.2. The van der Waals surface area contributed by atoms with Gasteiger partial charge in [-0.25, -0.2) is 4.98 Å². The summed E-state index contributed by atoms with van der Waals surface area (Å²) in [5, 5.41) is 14.0. The molecule has 0 amide bonds. The average Bonchev–Trinajstić information content (AvgIpc) is 2.97. The lowest BCUT2D eigenvalue weighted by molar-refractivity contribution is 0.664. The van der Waals surface area contributed by atoms with Gasteiger partial charge in [0, 0.05) is 24.1 Å².